The number of fused-ring (bicyclic) bond motifs is 1. The molecule has 0 atom stereocenters. The Labute approximate surface area is 102 Å². The molecule has 0 unspecified atom stereocenters. The van der Waals surface area contributed by atoms with E-state index in [1.807, 2.05) is 19.2 Å². The summed E-state index contributed by atoms with van der Waals surface area (Å²) < 4.78 is 2.08. The molecule has 3 heteroatoms. The molecule has 0 amide bonds. The van der Waals surface area contributed by atoms with Crippen molar-refractivity contribution in [3.05, 3.63) is 30.0 Å². The van der Waals surface area contributed by atoms with Crippen molar-refractivity contribution in [1.29, 1.82) is 0 Å². The molecule has 2 aromatic rings. The quantitative estimate of drug-likeness (QED) is 0.876. The molecular formula is C14H20N2O. The highest BCUT2D eigenvalue weighted by molar-refractivity contribution is 5.89. The van der Waals surface area contributed by atoms with Gasteiger partial charge in [0.15, 0.2) is 0 Å². The molecule has 1 aromatic heterocycles. The summed E-state index contributed by atoms with van der Waals surface area (Å²) in [7, 11) is 4.14. The number of aromatic hydroxyl groups is 1. The van der Waals surface area contributed by atoms with Crippen LogP contribution in [0.1, 0.15) is 12.5 Å². The Morgan fingerprint density at radius 3 is 2.82 bits per heavy atom. The summed E-state index contributed by atoms with van der Waals surface area (Å²) in [4.78, 5) is 2.28. The zero-order chi connectivity index (χ0) is 12.4. The Hall–Kier alpha value is -1.48. The Balaban J connectivity index is 2.34. The first kappa shape index (κ1) is 12.0. The Morgan fingerprint density at radius 2 is 2.12 bits per heavy atom. The van der Waals surface area contributed by atoms with Gasteiger partial charge < -0.3 is 14.6 Å². The van der Waals surface area contributed by atoms with Gasteiger partial charge in [-0.05, 0) is 37.7 Å². The van der Waals surface area contributed by atoms with Gasteiger partial charge in [0.1, 0.15) is 5.75 Å². The first-order valence-corrected chi connectivity index (χ1v) is 6.08. The van der Waals surface area contributed by atoms with Crippen LogP contribution in [-0.4, -0.2) is 34.7 Å². The summed E-state index contributed by atoms with van der Waals surface area (Å²) in [5.41, 5.74) is 2.32. The molecule has 3 nitrogen and oxygen atoms in total. The van der Waals surface area contributed by atoms with E-state index in [1.165, 1.54) is 5.56 Å². The maximum atomic E-state index is 9.96. The van der Waals surface area contributed by atoms with E-state index < -0.39 is 0 Å². The van der Waals surface area contributed by atoms with E-state index in [0.717, 1.165) is 30.4 Å². The van der Waals surface area contributed by atoms with Crippen LogP contribution in [0.25, 0.3) is 10.9 Å². The largest absolute Gasteiger partial charge is 0.507 e. The minimum atomic E-state index is 0.386. The zero-order valence-corrected chi connectivity index (χ0v) is 10.8. The number of aryl methyl sites for hydroxylation is 1. The first-order chi connectivity index (χ1) is 8.13. The van der Waals surface area contributed by atoms with Crippen LogP contribution in [0.3, 0.4) is 0 Å². The molecule has 0 saturated heterocycles. The SMILES string of the molecule is CCN(C)CCc1cn(C)c2cccc(O)c12. The summed E-state index contributed by atoms with van der Waals surface area (Å²) in [5, 5.41) is 11.0. The van der Waals surface area contributed by atoms with Gasteiger partial charge in [0.2, 0.25) is 0 Å². The molecule has 0 spiro atoms. The summed E-state index contributed by atoms with van der Waals surface area (Å²) >= 11 is 0. The molecule has 1 aromatic carbocycles. The van der Waals surface area contributed by atoms with Crippen LogP contribution >= 0.6 is 0 Å². The van der Waals surface area contributed by atoms with Crippen molar-refractivity contribution in [3.63, 3.8) is 0 Å². The number of benzene rings is 1. The smallest absolute Gasteiger partial charge is 0.125 e. The van der Waals surface area contributed by atoms with Gasteiger partial charge in [0, 0.05) is 25.2 Å². The van der Waals surface area contributed by atoms with E-state index in [9.17, 15) is 5.11 Å². The van der Waals surface area contributed by atoms with Crippen LogP contribution in [0.15, 0.2) is 24.4 Å². The Morgan fingerprint density at radius 1 is 1.35 bits per heavy atom. The lowest BCUT2D eigenvalue weighted by Gasteiger charge is -2.12. The number of likely N-dealkylation sites (N-methyl/N-ethyl adjacent to an activating group) is 1. The fourth-order valence-corrected chi connectivity index (χ4v) is 2.18. The van der Waals surface area contributed by atoms with Gasteiger partial charge in [-0.15, -0.1) is 0 Å². The highest BCUT2D eigenvalue weighted by Gasteiger charge is 2.10. The minimum Gasteiger partial charge on any atom is -0.507 e. The Bertz CT molecular complexity index is 516. The number of nitrogens with zero attached hydrogens (tertiary/aromatic N) is 2. The van der Waals surface area contributed by atoms with Crippen molar-refractivity contribution in [2.24, 2.45) is 7.05 Å². The van der Waals surface area contributed by atoms with Crippen LogP contribution in [-0.2, 0) is 13.5 Å². The summed E-state index contributed by atoms with van der Waals surface area (Å²) in [6.07, 6.45) is 3.09. The van der Waals surface area contributed by atoms with Gasteiger partial charge in [-0.1, -0.05) is 13.0 Å². The lowest BCUT2D eigenvalue weighted by Crippen LogP contribution is -2.20. The van der Waals surface area contributed by atoms with Crippen LogP contribution in [0.2, 0.25) is 0 Å². The monoisotopic (exact) mass is 232 g/mol. The first-order valence-electron chi connectivity index (χ1n) is 6.08. The zero-order valence-electron chi connectivity index (χ0n) is 10.8. The highest BCUT2D eigenvalue weighted by Crippen LogP contribution is 2.29. The lowest BCUT2D eigenvalue weighted by molar-refractivity contribution is 0.358. The van der Waals surface area contributed by atoms with E-state index >= 15 is 0 Å². The normalized spacial score (nSPS) is 11.5. The van der Waals surface area contributed by atoms with Gasteiger partial charge >= 0.3 is 0 Å². The maximum absolute atomic E-state index is 9.96. The third kappa shape index (κ3) is 2.29. The van der Waals surface area contributed by atoms with Crippen LogP contribution in [0.4, 0.5) is 0 Å². The summed E-state index contributed by atoms with van der Waals surface area (Å²) in [5.74, 6) is 0.386. The van der Waals surface area contributed by atoms with E-state index in [1.54, 1.807) is 6.07 Å². The average molecular weight is 232 g/mol. The number of rotatable bonds is 4. The van der Waals surface area contributed by atoms with Gasteiger partial charge in [-0.2, -0.15) is 0 Å². The standard InChI is InChI=1S/C14H20N2O/c1-4-15(2)9-8-11-10-16(3)12-6-5-7-13(17)14(11)12/h5-7,10,17H,4,8-9H2,1-3H3. The summed E-state index contributed by atoms with van der Waals surface area (Å²) in [6, 6.07) is 5.69. The molecule has 0 aliphatic rings. The molecule has 0 radical (unpaired) electrons. The second-order valence-corrected chi connectivity index (χ2v) is 4.58. The van der Waals surface area contributed by atoms with E-state index in [-0.39, 0.29) is 0 Å². The molecular weight excluding hydrogens is 212 g/mol. The van der Waals surface area contributed by atoms with E-state index in [0.29, 0.717) is 5.75 Å². The van der Waals surface area contributed by atoms with Crippen LogP contribution in [0, 0.1) is 0 Å². The van der Waals surface area contributed by atoms with Crippen molar-refractivity contribution >= 4 is 10.9 Å². The van der Waals surface area contributed by atoms with Crippen molar-refractivity contribution in [1.82, 2.24) is 9.47 Å². The van der Waals surface area contributed by atoms with Crippen molar-refractivity contribution in [2.75, 3.05) is 20.1 Å². The fraction of sp³-hybridized carbons (Fsp3) is 0.429. The number of aromatic nitrogens is 1. The number of phenols is 1. The van der Waals surface area contributed by atoms with Crippen molar-refractivity contribution in [3.8, 4) is 5.75 Å². The molecule has 92 valence electrons. The second-order valence-electron chi connectivity index (χ2n) is 4.58. The third-order valence-corrected chi connectivity index (χ3v) is 3.37. The van der Waals surface area contributed by atoms with Crippen LogP contribution < -0.4 is 0 Å². The molecule has 0 aliphatic carbocycles. The van der Waals surface area contributed by atoms with Gasteiger partial charge in [0.05, 0.1) is 5.52 Å². The molecule has 0 fully saturated rings. The second kappa shape index (κ2) is 4.80. The molecule has 0 bridgehead atoms. The number of hydrogen-bond acceptors (Lipinski definition) is 2. The van der Waals surface area contributed by atoms with E-state index in [2.05, 4.69) is 29.6 Å². The van der Waals surface area contributed by atoms with Crippen molar-refractivity contribution in [2.45, 2.75) is 13.3 Å². The van der Waals surface area contributed by atoms with E-state index in [4.69, 9.17) is 0 Å². The Kier molecular flexibility index (Phi) is 3.38. The number of phenolic OH excluding ortho intramolecular Hbond substituents is 1. The predicted molar refractivity (Wildman–Crippen MR) is 71.5 cm³/mol. The molecule has 1 N–H and O–H groups in total. The fourth-order valence-electron chi connectivity index (χ4n) is 2.18. The topological polar surface area (TPSA) is 28.4 Å². The summed E-state index contributed by atoms with van der Waals surface area (Å²) in [6.45, 7) is 4.22. The third-order valence-electron chi connectivity index (χ3n) is 3.37. The molecule has 2 rings (SSSR count). The minimum absolute atomic E-state index is 0.386. The van der Waals surface area contributed by atoms with Gasteiger partial charge in [-0.25, -0.2) is 0 Å². The van der Waals surface area contributed by atoms with Crippen LogP contribution in [0.5, 0.6) is 5.75 Å². The van der Waals surface area contributed by atoms with Crippen molar-refractivity contribution < 1.29 is 5.11 Å². The van der Waals surface area contributed by atoms with Gasteiger partial charge in [-0.3, -0.25) is 0 Å². The molecule has 17 heavy (non-hydrogen) atoms. The highest BCUT2D eigenvalue weighted by atomic mass is 16.3. The predicted octanol–water partition coefficient (Wildman–Crippen LogP) is 2.38. The lowest BCUT2D eigenvalue weighted by atomic mass is 10.1. The van der Waals surface area contributed by atoms with Gasteiger partial charge in [0.25, 0.3) is 0 Å². The maximum Gasteiger partial charge on any atom is 0.125 e. The molecule has 1 heterocycles. The molecule has 0 saturated carbocycles. The number of hydrogen-bond donors (Lipinski definition) is 1. The average Bonchev–Trinajstić information content (AvgIpc) is 2.65. The molecule has 0 aliphatic heterocycles.